The zero-order valence-electron chi connectivity index (χ0n) is 12.1. The van der Waals surface area contributed by atoms with E-state index in [2.05, 4.69) is 34.6 Å². The fraction of sp³-hybridized carbons (Fsp3) is 1.00. The third-order valence-electron chi connectivity index (χ3n) is 3.77. The first-order valence-corrected chi connectivity index (χ1v) is 7.70. The van der Waals surface area contributed by atoms with Crippen molar-refractivity contribution in [3.63, 3.8) is 0 Å². The quantitative estimate of drug-likeness (QED) is 0.647. The molecule has 16 heavy (non-hydrogen) atoms. The largest absolute Gasteiger partial charge is 0.506 e. The van der Waals surface area contributed by atoms with Gasteiger partial charge in [0.25, 0.3) is 0 Å². The van der Waals surface area contributed by atoms with Crippen LogP contribution < -0.4 is 0 Å². The molecule has 0 heterocycles. The molecule has 4 heteroatoms. The molecule has 0 saturated heterocycles. The van der Waals surface area contributed by atoms with Gasteiger partial charge in [0.15, 0.2) is 0 Å². The molecule has 0 aromatic carbocycles. The van der Waals surface area contributed by atoms with Gasteiger partial charge in [-0.2, -0.15) is 0 Å². The Bertz CT molecular complexity index is 192. The van der Waals surface area contributed by atoms with Gasteiger partial charge in [-0.05, 0) is 11.8 Å². The van der Waals surface area contributed by atoms with Gasteiger partial charge >= 0.3 is 8.80 Å². The van der Waals surface area contributed by atoms with Crippen molar-refractivity contribution in [1.82, 2.24) is 0 Å². The maximum Gasteiger partial charge on any atom is 0.506 e. The highest BCUT2D eigenvalue weighted by Gasteiger charge is 2.57. The van der Waals surface area contributed by atoms with Crippen LogP contribution in [0.3, 0.4) is 0 Å². The number of hydrogen-bond acceptors (Lipinski definition) is 3. The van der Waals surface area contributed by atoms with Gasteiger partial charge in [-0.25, -0.2) is 0 Å². The third-order valence-corrected chi connectivity index (χ3v) is 7.33. The Balaban J connectivity index is 5.25. The van der Waals surface area contributed by atoms with E-state index in [-0.39, 0.29) is 5.04 Å². The average molecular weight is 248 g/mol. The first kappa shape index (κ1) is 16.1. The molecule has 0 spiro atoms. The molecule has 0 aliphatic heterocycles. The molecule has 0 aromatic heterocycles. The van der Waals surface area contributed by atoms with Crippen LogP contribution in [0.5, 0.6) is 0 Å². The van der Waals surface area contributed by atoms with Crippen LogP contribution in [0.2, 0.25) is 5.04 Å². The van der Waals surface area contributed by atoms with E-state index in [9.17, 15) is 0 Å². The normalized spacial score (nSPS) is 15.6. The summed E-state index contributed by atoms with van der Waals surface area (Å²) in [5.74, 6) is 1.12. The van der Waals surface area contributed by atoms with E-state index in [0.717, 1.165) is 6.42 Å². The SMILES string of the molecule is CCC(C(C)C)C(C)(C)[Si](OC)(OC)OC. The molecule has 0 N–H and O–H groups in total. The van der Waals surface area contributed by atoms with Crippen molar-refractivity contribution in [3.8, 4) is 0 Å². The Labute approximate surface area is 102 Å². The predicted molar refractivity (Wildman–Crippen MR) is 69.4 cm³/mol. The Morgan fingerprint density at radius 1 is 1.00 bits per heavy atom. The van der Waals surface area contributed by atoms with Crippen LogP contribution in [-0.2, 0) is 13.3 Å². The molecule has 1 atom stereocenters. The molecule has 0 saturated carbocycles. The van der Waals surface area contributed by atoms with Crippen molar-refractivity contribution in [2.45, 2.75) is 46.1 Å². The summed E-state index contributed by atoms with van der Waals surface area (Å²) < 4.78 is 16.9. The zero-order valence-corrected chi connectivity index (χ0v) is 13.1. The second kappa shape index (κ2) is 6.14. The summed E-state index contributed by atoms with van der Waals surface area (Å²) in [4.78, 5) is 0. The smallest absolute Gasteiger partial charge is 0.377 e. The van der Waals surface area contributed by atoms with Gasteiger partial charge in [0.1, 0.15) is 0 Å². The van der Waals surface area contributed by atoms with Gasteiger partial charge in [-0.3, -0.25) is 0 Å². The fourth-order valence-corrected chi connectivity index (χ4v) is 6.15. The minimum Gasteiger partial charge on any atom is -0.377 e. The van der Waals surface area contributed by atoms with Crippen LogP contribution in [-0.4, -0.2) is 30.1 Å². The molecule has 0 aliphatic carbocycles. The van der Waals surface area contributed by atoms with Crippen molar-refractivity contribution < 1.29 is 13.3 Å². The van der Waals surface area contributed by atoms with Crippen LogP contribution in [0.25, 0.3) is 0 Å². The molecule has 0 aliphatic rings. The van der Waals surface area contributed by atoms with Crippen LogP contribution in [0.1, 0.15) is 41.0 Å². The minimum absolute atomic E-state index is 0.0752. The van der Waals surface area contributed by atoms with Gasteiger partial charge in [-0.1, -0.05) is 41.0 Å². The van der Waals surface area contributed by atoms with Crippen LogP contribution in [0, 0.1) is 11.8 Å². The second-order valence-corrected chi connectivity index (χ2v) is 8.77. The monoisotopic (exact) mass is 248 g/mol. The molecule has 0 bridgehead atoms. The Morgan fingerprint density at radius 3 is 1.56 bits per heavy atom. The predicted octanol–water partition coefficient (Wildman–Crippen LogP) is 3.33. The summed E-state index contributed by atoms with van der Waals surface area (Å²) >= 11 is 0. The lowest BCUT2D eigenvalue weighted by atomic mass is 9.83. The summed E-state index contributed by atoms with van der Waals surface area (Å²) in [6, 6.07) is 0. The van der Waals surface area contributed by atoms with E-state index in [4.69, 9.17) is 13.3 Å². The molecular formula is C12H28O3Si. The molecule has 0 amide bonds. The first-order chi connectivity index (χ1) is 7.32. The van der Waals surface area contributed by atoms with Gasteiger partial charge in [-0.15, -0.1) is 0 Å². The molecule has 1 unspecified atom stereocenters. The molecule has 0 rings (SSSR count). The van der Waals surface area contributed by atoms with E-state index < -0.39 is 8.80 Å². The number of rotatable bonds is 7. The van der Waals surface area contributed by atoms with Crippen molar-refractivity contribution in [2.75, 3.05) is 21.3 Å². The average Bonchev–Trinajstić information content (AvgIpc) is 2.20. The standard InChI is InChI=1S/C12H28O3Si/c1-9-11(10(2)3)12(4,5)16(13-6,14-7)15-8/h10-11H,9H2,1-8H3. The summed E-state index contributed by atoms with van der Waals surface area (Å²) in [5.41, 5.74) is 0. The number of hydrogen-bond donors (Lipinski definition) is 0. The highest BCUT2D eigenvalue weighted by Crippen LogP contribution is 2.49. The first-order valence-electron chi connectivity index (χ1n) is 5.98. The lowest BCUT2D eigenvalue weighted by Crippen LogP contribution is -2.55. The summed E-state index contributed by atoms with van der Waals surface area (Å²) in [7, 11) is 2.47. The molecule has 0 radical (unpaired) electrons. The molecule has 98 valence electrons. The Hall–Kier alpha value is 0.0969. The highest BCUT2D eigenvalue weighted by atomic mass is 28.4. The molecular weight excluding hydrogens is 220 g/mol. The fourth-order valence-electron chi connectivity index (χ4n) is 3.08. The molecule has 0 aromatic rings. The van der Waals surface area contributed by atoms with Gasteiger partial charge < -0.3 is 13.3 Å². The van der Waals surface area contributed by atoms with E-state index >= 15 is 0 Å². The van der Waals surface area contributed by atoms with Gasteiger partial charge in [0, 0.05) is 26.4 Å². The highest BCUT2D eigenvalue weighted by molar-refractivity contribution is 6.64. The Morgan fingerprint density at radius 2 is 1.38 bits per heavy atom. The minimum atomic E-state index is -2.59. The maximum absolute atomic E-state index is 5.63. The summed E-state index contributed by atoms with van der Waals surface area (Å²) in [5, 5.41) is -0.0752. The Kier molecular flexibility index (Phi) is 6.18. The van der Waals surface area contributed by atoms with Crippen LogP contribution in [0.4, 0.5) is 0 Å². The lowest BCUT2D eigenvalue weighted by Gasteiger charge is -2.45. The van der Waals surface area contributed by atoms with E-state index in [1.807, 2.05) is 0 Å². The topological polar surface area (TPSA) is 27.7 Å². The van der Waals surface area contributed by atoms with E-state index in [0.29, 0.717) is 11.8 Å². The van der Waals surface area contributed by atoms with Crippen LogP contribution >= 0.6 is 0 Å². The van der Waals surface area contributed by atoms with Crippen molar-refractivity contribution in [2.24, 2.45) is 11.8 Å². The van der Waals surface area contributed by atoms with E-state index in [1.54, 1.807) is 21.3 Å². The second-order valence-electron chi connectivity index (χ2n) is 5.15. The lowest BCUT2D eigenvalue weighted by molar-refractivity contribution is 0.0706. The third kappa shape index (κ3) is 2.67. The summed E-state index contributed by atoms with van der Waals surface area (Å²) in [6.07, 6.45) is 1.11. The van der Waals surface area contributed by atoms with Gasteiger partial charge in [0.05, 0.1) is 0 Å². The van der Waals surface area contributed by atoms with Crippen molar-refractivity contribution in [1.29, 1.82) is 0 Å². The maximum atomic E-state index is 5.63. The van der Waals surface area contributed by atoms with Crippen molar-refractivity contribution >= 4 is 8.80 Å². The van der Waals surface area contributed by atoms with E-state index in [1.165, 1.54) is 0 Å². The van der Waals surface area contributed by atoms with Gasteiger partial charge in [0.2, 0.25) is 0 Å². The molecule has 0 fully saturated rings. The van der Waals surface area contributed by atoms with Crippen molar-refractivity contribution in [3.05, 3.63) is 0 Å². The molecule has 3 nitrogen and oxygen atoms in total. The van der Waals surface area contributed by atoms with Crippen LogP contribution in [0.15, 0.2) is 0 Å². The zero-order chi connectivity index (χ0) is 13.0. The summed E-state index contributed by atoms with van der Waals surface area (Å²) in [6.45, 7) is 11.1.